The Bertz CT molecular complexity index is 526. The quantitative estimate of drug-likeness (QED) is 0.910. The van der Waals surface area contributed by atoms with E-state index in [0.717, 1.165) is 6.42 Å². The lowest BCUT2D eigenvalue weighted by Crippen LogP contribution is -2.34. The molecule has 2 heterocycles. The molecule has 96 valence electrons. The lowest BCUT2D eigenvalue weighted by atomic mass is 10.0. The Morgan fingerprint density at radius 1 is 1.39 bits per heavy atom. The number of benzene rings is 1. The Labute approximate surface area is 112 Å². The van der Waals surface area contributed by atoms with Crippen molar-refractivity contribution in [2.24, 2.45) is 0 Å². The van der Waals surface area contributed by atoms with Gasteiger partial charge >= 0.3 is 0 Å². The molecule has 1 atom stereocenters. The molecule has 1 unspecified atom stereocenters. The summed E-state index contributed by atoms with van der Waals surface area (Å²) in [5.74, 6) is 0. The van der Waals surface area contributed by atoms with Gasteiger partial charge in [0.15, 0.2) is 0 Å². The van der Waals surface area contributed by atoms with Gasteiger partial charge in [0.2, 0.25) is 0 Å². The first-order chi connectivity index (χ1) is 8.83. The molecular formula is C15H20N2S. The molecular weight excluding hydrogens is 240 g/mol. The number of nitrogens with one attached hydrogen (secondary N) is 1. The zero-order valence-electron chi connectivity index (χ0n) is 10.9. The molecule has 2 aromatic rings. The molecule has 1 aliphatic heterocycles. The SMILES string of the molecule is Cc1cccc2sc(CCC3CCCCN3)nc12. The van der Waals surface area contributed by atoms with Crippen molar-refractivity contribution < 1.29 is 0 Å². The average Bonchev–Trinajstić information content (AvgIpc) is 2.82. The van der Waals surface area contributed by atoms with Crippen molar-refractivity contribution in [3.05, 3.63) is 28.8 Å². The summed E-state index contributed by atoms with van der Waals surface area (Å²) >= 11 is 1.86. The Morgan fingerprint density at radius 2 is 2.33 bits per heavy atom. The van der Waals surface area contributed by atoms with E-state index in [1.165, 1.54) is 53.0 Å². The van der Waals surface area contributed by atoms with Gasteiger partial charge in [0.1, 0.15) is 0 Å². The smallest absolute Gasteiger partial charge is 0.0939 e. The van der Waals surface area contributed by atoms with Crippen molar-refractivity contribution in [1.29, 1.82) is 0 Å². The number of nitrogens with zero attached hydrogens (tertiary/aromatic N) is 1. The van der Waals surface area contributed by atoms with Gasteiger partial charge in [-0.3, -0.25) is 0 Å². The number of aromatic nitrogens is 1. The second-order valence-electron chi connectivity index (χ2n) is 5.21. The average molecular weight is 260 g/mol. The van der Waals surface area contributed by atoms with Gasteiger partial charge in [-0.25, -0.2) is 4.98 Å². The predicted molar refractivity (Wildman–Crippen MR) is 78.3 cm³/mol. The molecule has 18 heavy (non-hydrogen) atoms. The molecule has 2 nitrogen and oxygen atoms in total. The maximum atomic E-state index is 4.79. The monoisotopic (exact) mass is 260 g/mol. The highest BCUT2D eigenvalue weighted by Crippen LogP contribution is 2.26. The van der Waals surface area contributed by atoms with Crippen LogP contribution in [-0.2, 0) is 6.42 Å². The van der Waals surface area contributed by atoms with E-state index >= 15 is 0 Å². The van der Waals surface area contributed by atoms with Crippen LogP contribution in [0.3, 0.4) is 0 Å². The summed E-state index contributed by atoms with van der Waals surface area (Å²) < 4.78 is 1.33. The predicted octanol–water partition coefficient (Wildman–Crippen LogP) is 3.68. The molecule has 1 aliphatic rings. The third kappa shape index (κ3) is 2.57. The van der Waals surface area contributed by atoms with Crippen LogP contribution in [0.15, 0.2) is 18.2 Å². The summed E-state index contributed by atoms with van der Waals surface area (Å²) in [6.07, 6.45) is 6.42. The van der Waals surface area contributed by atoms with Crippen LogP contribution in [-0.4, -0.2) is 17.6 Å². The van der Waals surface area contributed by atoms with E-state index in [2.05, 4.69) is 30.4 Å². The highest BCUT2D eigenvalue weighted by atomic mass is 32.1. The van der Waals surface area contributed by atoms with E-state index in [-0.39, 0.29) is 0 Å². The Kier molecular flexibility index (Phi) is 3.62. The van der Waals surface area contributed by atoms with E-state index in [0.29, 0.717) is 6.04 Å². The van der Waals surface area contributed by atoms with Gasteiger partial charge in [0.25, 0.3) is 0 Å². The van der Waals surface area contributed by atoms with E-state index in [1.54, 1.807) is 0 Å². The highest BCUT2D eigenvalue weighted by molar-refractivity contribution is 7.18. The molecule has 0 spiro atoms. The third-order valence-corrected chi connectivity index (χ3v) is 4.86. The van der Waals surface area contributed by atoms with Crippen molar-refractivity contribution >= 4 is 21.6 Å². The van der Waals surface area contributed by atoms with Crippen LogP contribution in [0.4, 0.5) is 0 Å². The number of rotatable bonds is 3. The minimum Gasteiger partial charge on any atom is -0.314 e. The number of fused-ring (bicyclic) bond motifs is 1. The van der Waals surface area contributed by atoms with Gasteiger partial charge < -0.3 is 5.32 Å². The fraction of sp³-hybridized carbons (Fsp3) is 0.533. The molecule has 0 radical (unpaired) electrons. The molecule has 1 fully saturated rings. The second kappa shape index (κ2) is 5.37. The first kappa shape index (κ1) is 12.1. The summed E-state index contributed by atoms with van der Waals surface area (Å²) in [4.78, 5) is 4.79. The van der Waals surface area contributed by atoms with Gasteiger partial charge in [-0.2, -0.15) is 0 Å². The number of thiazole rings is 1. The maximum absolute atomic E-state index is 4.79. The molecule has 1 aromatic carbocycles. The first-order valence-electron chi connectivity index (χ1n) is 6.91. The van der Waals surface area contributed by atoms with E-state index in [9.17, 15) is 0 Å². The number of aryl methyl sites for hydroxylation is 2. The number of piperidine rings is 1. The van der Waals surface area contributed by atoms with Gasteiger partial charge in [-0.15, -0.1) is 11.3 Å². The lowest BCUT2D eigenvalue weighted by Gasteiger charge is -2.22. The highest BCUT2D eigenvalue weighted by Gasteiger charge is 2.13. The van der Waals surface area contributed by atoms with Gasteiger partial charge in [0, 0.05) is 12.5 Å². The van der Waals surface area contributed by atoms with Crippen molar-refractivity contribution in [3.63, 3.8) is 0 Å². The minimum atomic E-state index is 0.715. The Morgan fingerprint density at radius 3 is 3.11 bits per heavy atom. The summed E-state index contributed by atoms with van der Waals surface area (Å²) in [7, 11) is 0. The van der Waals surface area contributed by atoms with Crippen molar-refractivity contribution in [3.8, 4) is 0 Å². The maximum Gasteiger partial charge on any atom is 0.0939 e. The van der Waals surface area contributed by atoms with Crippen LogP contribution >= 0.6 is 11.3 Å². The first-order valence-corrected chi connectivity index (χ1v) is 7.73. The molecule has 1 N–H and O–H groups in total. The van der Waals surface area contributed by atoms with Crippen molar-refractivity contribution in [2.45, 2.75) is 45.1 Å². The molecule has 0 bridgehead atoms. The lowest BCUT2D eigenvalue weighted by molar-refractivity contribution is 0.383. The largest absolute Gasteiger partial charge is 0.314 e. The van der Waals surface area contributed by atoms with E-state index < -0.39 is 0 Å². The third-order valence-electron chi connectivity index (χ3n) is 3.78. The van der Waals surface area contributed by atoms with Crippen LogP contribution in [0.5, 0.6) is 0 Å². The zero-order valence-corrected chi connectivity index (χ0v) is 11.7. The summed E-state index contributed by atoms with van der Waals surface area (Å²) in [5, 5.41) is 4.91. The Balaban J connectivity index is 1.69. The molecule has 3 rings (SSSR count). The molecule has 0 saturated carbocycles. The van der Waals surface area contributed by atoms with Gasteiger partial charge in [0.05, 0.1) is 15.2 Å². The number of para-hydroxylation sites is 1. The normalized spacial score (nSPS) is 20.4. The number of hydrogen-bond donors (Lipinski definition) is 1. The molecule has 1 aromatic heterocycles. The van der Waals surface area contributed by atoms with Crippen LogP contribution in [0.2, 0.25) is 0 Å². The second-order valence-corrected chi connectivity index (χ2v) is 6.33. The zero-order chi connectivity index (χ0) is 12.4. The molecule has 0 aliphatic carbocycles. The van der Waals surface area contributed by atoms with E-state index in [1.807, 2.05) is 11.3 Å². The fourth-order valence-electron chi connectivity index (χ4n) is 2.71. The molecule has 0 amide bonds. The number of hydrogen-bond acceptors (Lipinski definition) is 3. The van der Waals surface area contributed by atoms with Crippen LogP contribution in [0.1, 0.15) is 36.3 Å². The molecule has 1 saturated heterocycles. The summed E-state index contributed by atoms with van der Waals surface area (Å²) in [5.41, 5.74) is 2.50. The van der Waals surface area contributed by atoms with Crippen LogP contribution < -0.4 is 5.32 Å². The minimum absolute atomic E-state index is 0.715. The van der Waals surface area contributed by atoms with Crippen molar-refractivity contribution in [2.75, 3.05) is 6.54 Å². The fourth-order valence-corrected chi connectivity index (χ4v) is 3.77. The Hall–Kier alpha value is -0.930. The summed E-state index contributed by atoms with van der Waals surface area (Å²) in [6.45, 7) is 3.35. The van der Waals surface area contributed by atoms with Crippen LogP contribution in [0.25, 0.3) is 10.2 Å². The van der Waals surface area contributed by atoms with Crippen molar-refractivity contribution in [1.82, 2.24) is 10.3 Å². The summed E-state index contributed by atoms with van der Waals surface area (Å²) in [6, 6.07) is 7.17. The van der Waals surface area contributed by atoms with Gasteiger partial charge in [-0.05, 0) is 44.4 Å². The van der Waals surface area contributed by atoms with Crippen LogP contribution in [0, 0.1) is 6.92 Å². The molecule has 3 heteroatoms. The standard InChI is InChI=1S/C15H20N2S/c1-11-5-4-7-13-15(11)17-14(18-13)9-8-12-6-2-3-10-16-12/h4-5,7,12,16H,2-3,6,8-10H2,1H3. The van der Waals surface area contributed by atoms with E-state index in [4.69, 9.17) is 4.98 Å². The van der Waals surface area contributed by atoms with Gasteiger partial charge in [-0.1, -0.05) is 18.6 Å². The topological polar surface area (TPSA) is 24.9 Å².